The van der Waals surface area contributed by atoms with Gasteiger partial charge in [-0.15, -0.1) is 0 Å². The number of aromatic nitrogens is 1. The van der Waals surface area contributed by atoms with E-state index in [1.165, 1.54) is 4.57 Å². The number of aryl methyl sites for hydroxylation is 1. The summed E-state index contributed by atoms with van der Waals surface area (Å²) in [5.74, 6) is 0.324. The fourth-order valence-corrected chi connectivity index (χ4v) is 1.99. The third-order valence-corrected chi connectivity index (χ3v) is 3.18. The Kier molecular flexibility index (Phi) is 6.74. The van der Waals surface area contributed by atoms with E-state index in [0.29, 0.717) is 25.3 Å². The molecule has 0 unspecified atom stereocenters. The summed E-state index contributed by atoms with van der Waals surface area (Å²) < 4.78 is 33.1. The van der Waals surface area contributed by atoms with E-state index in [2.05, 4.69) is 11.1 Å². The lowest BCUT2D eigenvalue weighted by atomic mass is 10.3. The van der Waals surface area contributed by atoms with Gasteiger partial charge in [-0.2, -0.15) is 8.42 Å². The molecule has 0 saturated heterocycles. The van der Waals surface area contributed by atoms with Crippen molar-refractivity contribution in [1.29, 1.82) is 0 Å². The van der Waals surface area contributed by atoms with Crippen molar-refractivity contribution < 1.29 is 17.3 Å². The molecule has 1 aromatic heterocycles. The van der Waals surface area contributed by atoms with Crippen LogP contribution in [0.15, 0.2) is 23.1 Å². The van der Waals surface area contributed by atoms with Gasteiger partial charge in [0, 0.05) is 12.7 Å². The molecule has 1 rings (SSSR count). The average Bonchev–Trinajstić information content (AvgIpc) is 2.37. The molecule has 0 saturated carbocycles. The van der Waals surface area contributed by atoms with Gasteiger partial charge in [0.05, 0.1) is 19.5 Å². The first-order chi connectivity index (χ1) is 9.44. The van der Waals surface area contributed by atoms with Crippen LogP contribution in [0.5, 0.6) is 5.75 Å². The van der Waals surface area contributed by atoms with Gasteiger partial charge in [0.2, 0.25) is 0 Å². The van der Waals surface area contributed by atoms with E-state index in [0.717, 1.165) is 19.1 Å². The molecule has 20 heavy (non-hydrogen) atoms. The fraction of sp³-hybridized carbons (Fsp3) is 0.615. The number of hydrogen-bond donors (Lipinski definition) is 0. The maximum absolute atomic E-state index is 12.0. The van der Waals surface area contributed by atoms with Gasteiger partial charge in [-0.3, -0.25) is 8.98 Å². The predicted molar refractivity (Wildman–Crippen MR) is 76.5 cm³/mol. The third-order valence-electron chi connectivity index (χ3n) is 2.58. The Labute approximate surface area is 119 Å². The molecule has 6 nitrogen and oxygen atoms in total. The number of hydrogen-bond acceptors (Lipinski definition) is 5. The van der Waals surface area contributed by atoms with Gasteiger partial charge in [0.25, 0.3) is 15.7 Å². The molecule has 0 N–H and O–H groups in total. The first-order valence-corrected chi connectivity index (χ1v) is 8.42. The quantitative estimate of drug-likeness (QED) is 0.509. The number of unbranched alkanes of at least 4 members (excludes halogenated alkanes) is 1. The maximum atomic E-state index is 12.0. The van der Waals surface area contributed by atoms with E-state index in [1.54, 1.807) is 18.3 Å². The summed E-state index contributed by atoms with van der Waals surface area (Å²) in [6, 6.07) is 3.38. The lowest BCUT2D eigenvalue weighted by Gasteiger charge is -2.09. The Hall–Kier alpha value is -1.34. The molecule has 0 amide bonds. The van der Waals surface area contributed by atoms with Gasteiger partial charge in [0.15, 0.2) is 5.75 Å². The largest absolute Gasteiger partial charge is 0.488 e. The number of ether oxygens (including phenoxy) is 1. The zero-order chi connectivity index (χ0) is 15.0. The molecule has 1 heterocycles. The van der Waals surface area contributed by atoms with Crippen molar-refractivity contribution in [2.45, 2.75) is 32.7 Å². The van der Waals surface area contributed by atoms with Gasteiger partial charge in [-0.05, 0) is 25.0 Å². The zero-order valence-corrected chi connectivity index (χ0v) is 12.7. The zero-order valence-electron chi connectivity index (χ0n) is 11.9. The lowest BCUT2D eigenvalue weighted by Crippen LogP contribution is -2.22. The van der Waals surface area contributed by atoms with E-state index >= 15 is 0 Å². The summed E-state index contributed by atoms with van der Waals surface area (Å²) in [6.07, 6.45) is 4.99. The molecule has 0 aliphatic rings. The normalized spacial score (nSPS) is 11.5. The Morgan fingerprint density at radius 2 is 2.00 bits per heavy atom. The second kappa shape index (κ2) is 8.06. The molecule has 0 spiro atoms. The molecule has 0 bridgehead atoms. The van der Waals surface area contributed by atoms with Crippen molar-refractivity contribution in [2.75, 3.05) is 19.5 Å². The summed E-state index contributed by atoms with van der Waals surface area (Å²) in [6.45, 7) is 3.02. The summed E-state index contributed by atoms with van der Waals surface area (Å²) in [5.41, 5.74) is -0.206. The first-order valence-electron chi connectivity index (χ1n) is 6.60. The molecule has 0 atom stereocenters. The van der Waals surface area contributed by atoms with Crippen molar-refractivity contribution >= 4 is 10.1 Å². The van der Waals surface area contributed by atoms with Crippen LogP contribution in [0.1, 0.15) is 26.2 Å². The third kappa shape index (κ3) is 6.21. The molecule has 0 aromatic carbocycles. The molecular weight excluding hydrogens is 282 g/mol. The number of nitrogens with zero attached hydrogens (tertiary/aromatic N) is 1. The topological polar surface area (TPSA) is 74.6 Å². The van der Waals surface area contributed by atoms with Crippen LogP contribution in [-0.4, -0.2) is 32.5 Å². The molecule has 0 fully saturated rings. The van der Waals surface area contributed by atoms with Gasteiger partial charge in [-0.1, -0.05) is 13.3 Å². The summed E-state index contributed by atoms with van der Waals surface area (Å²) >= 11 is 0. The molecule has 1 aromatic rings. The molecule has 0 aliphatic heterocycles. The monoisotopic (exact) mass is 303 g/mol. The van der Waals surface area contributed by atoms with Crippen molar-refractivity contribution in [2.24, 2.45) is 0 Å². The molecule has 114 valence electrons. The van der Waals surface area contributed by atoms with Crippen LogP contribution in [0.2, 0.25) is 0 Å². The van der Waals surface area contributed by atoms with Crippen molar-refractivity contribution in [1.82, 2.24) is 4.57 Å². The van der Waals surface area contributed by atoms with Gasteiger partial charge in [-0.25, -0.2) is 0 Å². The fourth-order valence-electron chi connectivity index (χ4n) is 1.57. The maximum Gasteiger partial charge on any atom is 0.292 e. The average molecular weight is 303 g/mol. The van der Waals surface area contributed by atoms with Crippen LogP contribution in [-0.2, 0) is 20.8 Å². The number of pyridine rings is 1. The van der Waals surface area contributed by atoms with Crippen LogP contribution in [0, 0.1) is 0 Å². The Bertz CT molecular complexity index is 564. The first kappa shape index (κ1) is 16.7. The van der Waals surface area contributed by atoms with E-state index in [4.69, 9.17) is 4.74 Å². The molecular formula is C13H21NO5S. The summed E-state index contributed by atoms with van der Waals surface area (Å²) in [4.78, 5) is 12.0. The Morgan fingerprint density at radius 3 is 2.65 bits per heavy atom. The second-order valence-corrected chi connectivity index (χ2v) is 6.10. The highest BCUT2D eigenvalue weighted by Crippen LogP contribution is 2.04. The molecule has 7 heteroatoms. The van der Waals surface area contributed by atoms with Crippen LogP contribution in [0.25, 0.3) is 0 Å². The Morgan fingerprint density at radius 1 is 1.25 bits per heavy atom. The predicted octanol–water partition coefficient (Wildman–Crippen LogP) is 1.39. The minimum absolute atomic E-state index is 0.0617. The van der Waals surface area contributed by atoms with Crippen molar-refractivity contribution in [3.63, 3.8) is 0 Å². The minimum Gasteiger partial charge on any atom is -0.488 e. The highest BCUT2D eigenvalue weighted by Gasteiger charge is 2.05. The minimum atomic E-state index is -3.42. The van der Waals surface area contributed by atoms with E-state index in [-0.39, 0.29) is 12.2 Å². The Balaban J connectivity index is 2.54. The van der Waals surface area contributed by atoms with E-state index in [9.17, 15) is 13.2 Å². The molecule has 0 aliphatic carbocycles. The summed E-state index contributed by atoms with van der Waals surface area (Å²) in [5, 5.41) is 0. The van der Waals surface area contributed by atoms with Crippen molar-refractivity contribution in [3.05, 3.63) is 28.7 Å². The summed E-state index contributed by atoms with van der Waals surface area (Å²) in [7, 11) is -3.42. The van der Waals surface area contributed by atoms with Gasteiger partial charge in [0.1, 0.15) is 0 Å². The smallest absolute Gasteiger partial charge is 0.292 e. The highest BCUT2D eigenvalue weighted by molar-refractivity contribution is 7.85. The van der Waals surface area contributed by atoms with E-state index < -0.39 is 10.1 Å². The van der Waals surface area contributed by atoms with Crippen LogP contribution < -0.4 is 10.3 Å². The van der Waals surface area contributed by atoms with E-state index in [1.807, 2.05) is 0 Å². The SMILES string of the molecule is CCCCOc1cccn(CCCOS(C)(=O)=O)c1=O. The lowest BCUT2D eigenvalue weighted by molar-refractivity contribution is 0.295. The van der Waals surface area contributed by atoms with Gasteiger partial charge >= 0.3 is 0 Å². The van der Waals surface area contributed by atoms with Crippen LogP contribution >= 0.6 is 0 Å². The number of rotatable bonds is 9. The van der Waals surface area contributed by atoms with Crippen LogP contribution in [0.4, 0.5) is 0 Å². The standard InChI is InChI=1S/C13H21NO5S/c1-3-4-10-18-12-7-5-8-14(13(12)15)9-6-11-19-20(2,16)17/h5,7-8H,3-4,6,9-11H2,1-2H3. The highest BCUT2D eigenvalue weighted by atomic mass is 32.2. The van der Waals surface area contributed by atoms with Crippen LogP contribution in [0.3, 0.4) is 0 Å². The van der Waals surface area contributed by atoms with Gasteiger partial charge < -0.3 is 9.30 Å². The molecule has 0 radical (unpaired) electrons. The van der Waals surface area contributed by atoms with Crippen molar-refractivity contribution in [3.8, 4) is 5.75 Å². The second-order valence-electron chi connectivity index (χ2n) is 4.45.